The highest BCUT2D eigenvalue weighted by molar-refractivity contribution is 7.92. The van der Waals surface area contributed by atoms with Gasteiger partial charge in [0.1, 0.15) is 0 Å². The largest absolute Gasteiger partial charge is 0.289 e. The van der Waals surface area contributed by atoms with Crippen LogP contribution in [0.4, 0.5) is 5.69 Å². The predicted molar refractivity (Wildman–Crippen MR) is 84.5 cm³/mol. The molecule has 0 saturated heterocycles. The first-order chi connectivity index (χ1) is 9.76. The molecule has 2 aromatic carbocycles. The third-order valence-electron chi connectivity index (χ3n) is 2.82. The molecule has 0 unspecified atom stereocenters. The zero-order chi connectivity index (χ0) is 15.6. The third kappa shape index (κ3) is 4.06. The van der Waals surface area contributed by atoms with Gasteiger partial charge < -0.3 is 0 Å². The van der Waals surface area contributed by atoms with E-state index in [9.17, 15) is 13.2 Å². The van der Waals surface area contributed by atoms with Crippen LogP contribution in [-0.4, -0.2) is 20.5 Å². The first kappa shape index (κ1) is 15.5. The van der Waals surface area contributed by atoms with E-state index >= 15 is 0 Å². The molecule has 0 radical (unpaired) electrons. The van der Waals surface area contributed by atoms with Crippen molar-refractivity contribution in [1.29, 1.82) is 0 Å². The van der Waals surface area contributed by atoms with Crippen LogP contribution in [0.25, 0.3) is 0 Å². The molecular weight excluding hydrogens is 310 g/mol. The Kier molecular flexibility index (Phi) is 4.34. The van der Waals surface area contributed by atoms with E-state index < -0.39 is 10.0 Å². The van der Waals surface area contributed by atoms with Gasteiger partial charge in [0.05, 0.1) is 11.3 Å². The normalized spacial score (nSPS) is 11.2. The molecule has 0 saturated carbocycles. The van der Waals surface area contributed by atoms with Crippen LogP contribution in [-0.2, 0) is 10.0 Å². The highest BCUT2D eigenvalue weighted by Crippen LogP contribution is 2.22. The molecule has 0 aliphatic rings. The van der Waals surface area contributed by atoms with Gasteiger partial charge >= 0.3 is 0 Å². The van der Waals surface area contributed by atoms with E-state index in [1.54, 1.807) is 24.3 Å². The number of nitrogens with one attached hydrogen (secondary N) is 1. The van der Waals surface area contributed by atoms with Gasteiger partial charge in [0.2, 0.25) is 10.0 Å². The maximum absolute atomic E-state index is 12.4. The van der Waals surface area contributed by atoms with Crippen LogP contribution in [0.15, 0.2) is 42.5 Å². The number of sulfonamides is 1. The summed E-state index contributed by atoms with van der Waals surface area (Å²) >= 11 is 6.08. The number of hydrogen-bond acceptors (Lipinski definition) is 3. The topological polar surface area (TPSA) is 63.2 Å². The second-order valence-corrected chi connectivity index (χ2v) is 6.92. The van der Waals surface area contributed by atoms with Gasteiger partial charge in [-0.3, -0.25) is 9.52 Å². The summed E-state index contributed by atoms with van der Waals surface area (Å²) in [5, 5.41) is 0.401. The Balaban J connectivity index is 2.28. The number of halogens is 1. The van der Waals surface area contributed by atoms with Crippen molar-refractivity contribution < 1.29 is 13.2 Å². The Bertz CT molecular complexity index is 783. The number of rotatable bonds is 4. The SMILES string of the molecule is Cc1ccc(C(=O)c2ccc(NS(C)(=O)=O)cc2)c(Cl)c1. The van der Waals surface area contributed by atoms with Gasteiger partial charge in [-0.2, -0.15) is 0 Å². The van der Waals surface area contributed by atoms with Crippen molar-refractivity contribution in [1.82, 2.24) is 0 Å². The van der Waals surface area contributed by atoms with Crippen molar-refractivity contribution in [2.24, 2.45) is 0 Å². The van der Waals surface area contributed by atoms with Gasteiger partial charge in [0, 0.05) is 16.8 Å². The van der Waals surface area contributed by atoms with Crippen LogP contribution in [0.3, 0.4) is 0 Å². The van der Waals surface area contributed by atoms with Crippen LogP contribution < -0.4 is 4.72 Å². The Hall–Kier alpha value is -1.85. The fraction of sp³-hybridized carbons (Fsp3) is 0.133. The maximum Gasteiger partial charge on any atom is 0.229 e. The zero-order valence-corrected chi connectivity index (χ0v) is 13.1. The van der Waals surface area contributed by atoms with Crippen molar-refractivity contribution in [2.45, 2.75) is 6.92 Å². The van der Waals surface area contributed by atoms with E-state index in [4.69, 9.17) is 11.6 Å². The van der Waals surface area contributed by atoms with E-state index in [1.807, 2.05) is 13.0 Å². The average molecular weight is 324 g/mol. The smallest absolute Gasteiger partial charge is 0.229 e. The van der Waals surface area contributed by atoms with Gasteiger partial charge in [0.25, 0.3) is 0 Å². The number of ketones is 1. The number of aryl methyl sites for hydroxylation is 1. The Morgan fingerprint density at radius 1 is 1.10 bits per heavy atom. The fourth-order valence-electron chi connectivity index (χ4n) is 1.86. The van der Waals surface area contributed by atoms with Gasteiger partial charge in [0.15, 0.2) is 5.78 Å². The number of anilines is 1. The van der Waals surface area contributed by atoms with Crippen molar-refractivity contribution in [2.75, 3.05) is 11.0 Å². The monoisotopic (exact) mass is 323 g/mol. The van der Waals surface area contributed by atoms with Crippen molar-refractivity contribution in [3.63, 3.8) is 0 Å². The lowest BCUT2D eigenvalue weighted by atomic mass is 10.0. The molecule has 0 aliphatic heterocycles. The lowest BCUT2D eigenvalue weighted by Crippen LogP contribution is -2.09. The van der Waals surface area contributed by atoms with Crippen LogP contribution in [0.5, 0.6) is 0 Å². The summed E-state index contributed by atoms with van der Waals surface area (Å²) in [4.78, 5) is 12.4. The van der Waals surface area contributed by atoms with Crippen molar-refractivity contribution >= 4 is 33.1 Å². The lowest BCUT2D eigenvalue weighted by Gasteiger charge is -2.07. The minimum Gasteiger partial charge on any atom is -0.289 e. The third-order valence-corrected chi connectivity index (χ3v) is 3.74. The molecule has 6 heteroatoms. The quantitative estimate of drug-likeness (QED) is 0.878. The molecule has 21 heavy (non-hydrogen) atoms. The number of carbonyl (C=O) groups is 1. The van der Waals surface area contributed by atoms with Crippen LogP contribution in [0.2, 0.25) is 5.02 Å². The van der Waals surface area contributed by atoms with Crippen LogP contribution in [0, 0.1) is 6.92 Å². The van der Waals surface area contributed by atoms with Gasteiger partial charge in [-0.25, -0.2) is 8.42 Å². The predicted octanol–water partition coefficient (Wildman–Crippen LogP) is 3.25. The van der Waals surface area contributed by atoms with Crippen molar-refractivity contribution in [3.8, 4) is 0 Å². The molecule has 0 aromatic heterocycles. The Morgan fingerprint density at radius 2 is 1.71 bits per heavy atom. The summed E-state index contributed by atoms with van der Waals surface area (Å²) in [6, 6.07) is 11.4. The summed E-state index contributed by atoms with van der Waals surface area (Å²) in [6.45, 7) is 1.89. The molecule has 110 valence electrons. The fourth-order valence-corrected chi connectivity index (χ4v) is 2.75. The summed E-state index contributed by atoms with van der Waals surface area (Å²) in [6.07, 6.45) is 1.07. The highest BCUT2D eigenvalue weighted by atomic mass is 35.5. The van der Waals surface area contributed by atoms with E-state index in [1.165, 1.54) is 12.1 Å². The molecular formula is C15H14ClNO3S. The molecule has 0 atom stereocenters. The van der Waals surface area contributed by atoms with Crippen LogP contribution >= 0.6 is 11.6 Å². The number of hydrogen-bond donors (Lipinski definition) is 1. The Labute approximate surface area is 128 Å². The first-order valence-corrected chi connectivity index (χ1v) is 8.42. The first-order valence-electron chi connectivity index (χ1n) is 6.15. The molecule has 0 amide bonds. The van der Waals surface area contributed by atoms with E-state index in [-0.39, 0.29) is 5.78 Å². The second kappa shape index (κ2) is 5.87. The Morgan fingerprint density at radius 3 is 2.24 bits per heavy atom. The van der Waals surface area contributed by atoms with E-state index in [2.05, 4.69) is 4.72 Å². The van der Waals surface area contributed by atoms with Crippen LogP contribution in [0.1, 0.15) is 21.5 Å². The van der Waals surface area contributed by atoms with Gasteiger partial charge in [-0.15, -0.1) is 0 Å². The summed E-state index contributed by atoms with van der Waals surface area (Å²) in [5.41, 5.74) is 2.25. The highest BCUT2D eigenvalue weighted by Gasteiger charge is 2.13. The minimum atomic E-state index is -3.33. The summed E-state index contributed by atoms with van der Waals surface area (Å²) in [7, 11) is -3.33. The summed E-state index contributed by atoms with van der Waals surface area (Å²) < 4.78 is 24.6. The molecule has 0 fully saturated rings. The molecule has 0 bridgehead atoms. The molecule has 4 nitrogen and oxygen atoms in total. The minimum absolute atomic E-state index is 0.203. The molecule has 2 rings (SSSR count). The molecule has 0 aliphatic carbocycles. The average Bonchev–Trinajstić information content (AvgIpc) is 2.37. The number of benzene rings is 2. The van der Waals surface area contributed by atoms with Gasteiger partial charge in [-0.05, 0) is 48.9 Å². The maximum atomic E-state index is 12.4. The van der Waals surface area contributed by atoms with Gasteiger partial charge in [-0.1, -0.05) is 17.7 Å². The van der Waals surface area contributed by atoms with E-state index in [0.29, 0.717) is 21.8 Å². The molecule has 0 heterocycles. The molecule has 1 N–H and O–H groups in total. The number of carbonyl (C=O) groups excluding carboxylic acids is 1. The second-order valence-electron chi connectivity index (χ2n) is 4.76. The van der Waals surface area contributed by atoms with Crippen molar-refractivity contribution in [3.05, 3.63) is 64.2 Å². The zero-order valence-electron chi connectivity index (χ0n) is 11.6. The van der Waals surface area contributed by atoms with E-state index in [0.717, 1.165) is 11.8 Å². The lowest BCUT2D eigenvalue weighted by molar-refractivity contribution is 0.103. The standard InChI is InChI=1S/C15H14ClNO3S/c1-10-3-8-13(14(16)9-10)15(18)11-4-6-12(7-5-11)17-21(2,19)20/h3-9,17H,1-2H3. The molecule has 2 aromatic rings. The summed E-state index contributed by atoms with van der Waals surface area (Å²) in [5.74, 6) is -0.203. The molecule has 0 spiro atoms.